The van der Waals surface area contributed by atoms with Gasteiger partial charge in [-0.25, -0.2) is 0 Å². The van der Waals surface area contributed by atoms with E-state index in [9.17, 15) is 0 Å². The van der Waals surface area contributed by atoms with Crippen LogP contribution in [0, 0.1) is 0 Å². The lowest BCUT2D eigenvalue weighted by Crippen LogP contribution is -2.38. The molecule has 1 aromatic carbocycles. The third-order valence-electron chi connectivity index (χ3n) is 2.70. The smallest absolute Gasteiger partial charge is 0.0578 e. The van der Waals surface area contributed by atoms with Crippen molar-refractivity contribution < 1.29 is 0 Å². The van der Waals surface area contributed by atoms with E-state index in [2.05, 4.69) is 54.1 Å². The van der Waals surface area contributed by atoms with Crippen LogP contribution in [0.3, 0.4) is 0 Å². The second-order valence-electron chi connectivity index (χ2n) is 4.28. The maximum absolute atomic E-state index is 3.50. The molecule has 2 atom stereocenters. The first-order valence-electron chi connectivity index (χ1n) is 5.58. The lowest BCUT2D eigenvalue weighted by atomic mass is 10.2. The van der Waals surface area contributed by atoms with Crippen molar-refractivity contribution in [3.63, 3.8) is 0 Å². The molecule has 0 radical (unpaired) electrons. The van der Waals surface area contributed by atoms with Gasteiger partial charge in [-0.1, -0.05) is 12.1 Å². The molecule has 0 bridgehead atoms. The van der Waals surface area contributed by atoms with Crippen molar-refractivity contribution in [1.82, 2.24) is 5.32 Å². The number of anilines is 2. The first kappa shape index (κ1) is 10.3. The van der Waals surface area contributed by atoms with E-state index in [1.165, 1.54) is 11.4 Å². The summed E-state index contributed by atoms with van der Waals surface area (Å²) in [5, 5.41) is 10.4. The number of fused-ring (bicyclic) bond motifs is 1. The average Bonchev–Trinajstić information content (AvgIpc) is 2.30. The molecule has 3 heteroatoms. The molecule has 1 aliphatic rings. The highest BCUT2D eigenvalue weighted by Crippen LogP contribution is 2.22. The van der Waals surface area contributed by atoms with Crippen LogP contribution in [-0.4, -0.2) is 25.2 Å². The molecule has 0 amide bonds. The molecule has 15 heavy (non-hydrogen) atoms. The summed E-state index contributed by atoms with van der Waals surface area (Å²) in [5.41, 5.74) is 2.39. The van der Waals surface area contributed by atoms with Gasteiger partial charge >= 0.3 is 0 Å². The van der Waals surface area contributed by atoms with Crippen molar-refractivity contribution in [3.8, 4) is 0 Å². The average molecular weight is 205 g/mol. The highest BCUT2D eigenvalue weighted by atomic mass is 15.1. The summed E-state index contributed by atoms with van der Waals surface area (Å²) in [4.78, 5) is 0. The van der Waals surface area contributed by atoms with Gasteiger partial charge in [-0.3, -0.25) is 0 Å². The van der Waals surface area contributed by atoms with Crippen LogP contribution in [0.15, 0.2) is 24.3 Å². The summed E-state index contributed by atoms with van der Waals surface area (Å²) in [6, 6.07) is 9.32. The van der Waals surface area contributed by atoms with Gasteiger partial charge in [0.1, 0.15) is 0 Å². The molecule has 3 N–H and O–H groups in total. The molecule has 82 valence electrons. The van der Waals surface area contributed by atoms with Crippen LogP contribution in [0.4, 0.5) is 11.4 Å². The van der Waals surface area contributed by atoms with Gasteiger partial charge in [0.25, 0.3) is 0 Å². The number of hydrogen-bond donors (Lipinski definition) is 3. The molecule has 0 saturated heterocycles. The Morgan fingerprint density at radius 1 is 1.00 bits per heavy atom. The summed E-state index contributed by atoms with van der Waals surface area (Å²) < 4.78 is 0. The molecular weight excluding hydrogens is 186 g/mol. The van der Waals surface area contributed by atoms with Crippen molar-refractivity contribution in [3.05, 3.63) is 24.3 Å². The fourth-order valence-electron chi connectivity index (χ4n) is 1.79. The summed E-state index contributed by atoms with van der Waals surface area (Å²) in [7, 11) is 0. The van der Waals surface area contributed by atoms with Crippen LogP contribution >= 0.6 is 0 Å². The predicted octanol–water partition coefficient (Wildman–Crippen LogP) is 1.89. The predicted molar refractivity (Wildman–Crippen MR) is 65.5 cm³/mol. The molecular formula is C12H19N3. The summed E-state index contributed by atoms with van der Waals surface area (Å²) in [6.07, 6.45) is 0. The topological polar surface area (TPSA) is 36.1 Å². The molecule has 0 fully saturated rings. The second kappa shape index (κ2) is 4.53. The molecule has 0 spiro atoms. The van der Waals surface area contributed by atoms with Crippen LogP contribution in [-0.2, 0) is 0 Å². The quantitative estimate of drug-likeness (QED) is 0.605. The lowest BCUT2D eigenvalue weighted by Gasteiger charge is -2.16. The van der Waals surface area contributed by atoms with Gasteiger partial charge in [0.2, 0.25) is 0 Å². The minimum absolute atomic E-state index is 0.452. The van der Waals surface area contributed by atoms with E-state index < -0.39 is 0 Å². The maximum atomic E-state index is 3.50. The Kier molecular flexibility index (Phi) is 3.11. The van der Waals surface area contributed by atoms with E-state index in [0.29, 0.717) is 12.1 Å². The SMILES string of the molecule is C[C@H]1CNc2ccccc2N[C@@H](C)CN1. The summed E-state index contributed by atoms with van der Waals surface area (Å²) in [5.74, 6) is 0. The Morgan fingerprint density at radius 3 is 2.53 bits per heavy atom. The first-order valence-corrected chi connectivity index (χ1v) is 5.58. The highest BCUT2D eigenvalue weighted by Gasteiger charge is 2.11. The zero-order chi connectivity index (χ0) is 10.7. The van der Waals surface area contributed by atoms with Crippen molar-refractivity contribution in [2.75, 3.05) is 23.7 Å². The molecule has 0 saturated carbocycles. The molecule has 0 aliphatic carbocycles. The largest absolute Gasteiger partial charge is 0.382 e. The molecule has 0 unspecified atom stereocenters. The highest BCUT2D eigenvalue weighted by molar-refractivity contribution is 5.69. The molecule has 0 aromatic heterocycles. The number of benzene rings is 1. The van der Waals surface area contributed by atoms with Crippen LogP contribution < -0.4 is 16.0 Å². The lowest BCUT2D eigenvalue weighted by molar-refractivity contribution is 0.547. The fourth-order valence-corrected chi connectivity index (χ4v) is 1.79. The number of nitrogens with one attached hydrogen (secondary N) is 3. The van der Waals surface area contributed by atoms with E-state index in [1.807, 2.05) is 0 Å². The van der Waals surface area contributed by atoms with Gasteiger partial charge in [-0.15, -0.1) is 0 Å². The van der Waals surface area contributed by atoms with Crippen molar-refractivity contribution in [2.45, 2.75) is 25.9 Å². The fraction of sp³-hybridized carbons (Fsp3) is 0.500. The molecule has 3 nitrogen and oxygen atoms in total. The molecule has 2 rings (SSSR count). The normalized spacial score (nSPS) is 26.3. The van der Waals surface area contributed by atoms with E-state index in [-0.39, 0.29) is 0 Å². The molecule has 1 aromatic rings. The number of hydrogen-bond acceptors (Lipinski definition) is 3. The monoisotopic (exact) mass is 205 g/mol. The zero-order valence-electron chi connectivity index (χ0n) is 9.38. The van der Waals surface area contributed by atoms with Crippen LogP contribution in [0.25, 0.3) is 0 Å². The zero-order valence-corrected chi connectivity index (χ0v) is 9.38. The Hall–Kier alpha value is -1.22. The number of para-hydroxylation sites is 2. The van der Waals surface area contributed by atoms with Crippen LogP contribution in [0.2, 0.25) is 0 Å². The van der Waals surface area contributed by atoms with Crippen LogP contribution in [0.5, 0.6) is 0 Å². The van der Waals surface area contributed by atoms with Crippen molar-refractivity contribution >= 4 is 11.4 Å². The van der Waals surface area contributed by atoms with E-state index >= 15 is 0 Å². The van der Waals surface area contributed by atoms with E-state index in [4.69, 9.17) is 0 Å². The minimum Gasteiger partial charge on any atom is -0.382 e. The Balaban J connectivity index is 2.21. The first-order chi connectivity index (χ1) is 7.25. The minimum atomic E-state index is 0.452. The summed E-state index contributed by atoms with van der Waals surface area (Å²) >= 11 is 0. The standard InChI is InChI=1S/C12H19N3/c1-9-7-14-11-5-3-4-6-12(11)15-10(2)8-13-9/h3-6,9-10,13-15H,7-8H2,1-2H3/t9-,10-/m0/s1. The van der Waals surface area contributed by atoms with Gasteiger partial charge in [0.15, 0.2) is 0 Å². The third kappa shape index (κ3) is 2.63. The molecule has 1 heterocycles. The third-order valence-corrected chi connectivity index (χ3v) is 2.70. The van der Waals surface area contributed by atoms with Crippen molar-refractivity contribution in [1.29, 1.82) is 0 Å². The maximum Gasteiger partial charge on any atom is 0.0578 e. The summed E-state index contributed by atoms with van der Waals surface area (Å²) in [6.45, 7) is 6.36. The molecule has 1 aliphatic heterocycles. The Morgan fingerprint density at radius 2 is 1.73 bits per heavy atom. The Labute approximate surface area is 91.3 Å². The van der Waals surface area contributed by atoms with Gasteiger partial charge < -0.3 is 16.0 Å². The second-order valence-corrected chi connectivity index (χ2v) is 4.28. The van der Waals surface area contributed by atoms with Gasteiger partial charge in [-0.05, 0) is 26.0 Å². The van der Waals surface area contributed by atoms with Gasteiger partial charge in [0, 0.05) is 25.2 Å². The van der Waals surface area contributed by atoms with Crippen molar-refractivity contribution in [2.24, 2.45) is 0 Å². The number of rotatable bonds is 0. The Bertz CT molecular complexity index is 324. The van der Waals surface area contributed by atoms with E-state index in [0.717, 1.165) is 13.1 Å². The van der Waals surface area contributed by atoms with Gasteiger partial charge in [0.05, 0.1) is 11.4 Å². The van der Waals surface area contributed by atoms with E-state index in [1.54, 1.807) is 0 Å². The van der Waals surface area contributed by atoms with Crippen LogP contribution in [0.1, 0.15) is 13.8 Å². The van der Waals surface area contributed by atoms with Gasteiger partial charge in [-0.2, -0.15) is 0 Å².